The van der Waals surface area contributed by atoms with Crippen LogP contribution >= 0.6 is 0 Å². The quantitative estimate of drug-likeness (QED) is 0.231. The molecule has 0 aromatic heterocycles. The van der Waals surface area contributed by atoms with E-state index in [-0.39, 0.29) is 24.7 Å². The molecule has 0 aliphatic carbocycles. The lowest BCUT2D eigenvalue weighted by atomic mass is 10.1. The highest BCUT2D eigenvalue weighted by molar-refractivity contribution is 5.29. The monoisotopic (exact) mass is 580 g/mol. The number of likely N-dealkylation sites (N-methyl/N-ethyl adjacent to an activating group) is 1. The maximum atomic E-state index is 6.07. The summed E-state index contributed by atoms with van der Waals surface area (Å²) in [4.78, 5) is 2.47. The lowest BCUT2D eigenvalue weighted by Crippen LogP contribution is -2.33. The van der Waals surface area contributed by atoms with Crippen LogP contribution in [-0.4, -0.2) is 116 Å². The van der Waals surface area contributed by atoms with E-state index in [1.54, 1.807) is 0 Å². The molecule has 1 aromatic rings. The number of benzene rings is 1. The fraction of sp³-hybridized carbons (Fsp3) is 0.806. The second-order valence-corrected chi connectivity index (χ2v) is 10.9. The lowest BCUT2D eigenvalue weighted by molar-refractivity contribution is -0.169. The van der Waals surface area contributed by atoms with Gasteiger partial charge in [0, 0.05) is 38.9 Å². The van der Waals surface area contributed by atoms with Crippen LogP contribution in [0.4, 0.5) is 0 Å². The van der Waals surface area contributed by atoms with Gasteiger partial charge in [-0.2, -0.15) is 0 Å². The summed E-state index contributed by atoms with van der Waals surface area (Å²) in [5, 5.41) is 3.47. The lowest BCUT2D eigenvalue weighted by Gasteiger charge is -2.24. The highest BCUT2D eigenvalue weighted by atomic mass is 16.7. The number of hydrogen-bond acceptors (Lipinski definition) is 10. The molecular formula is C31H52N2O8. The van der Waals surface area contributed by atoms with Crippen molar-refractivity contribution >= 4 is 0 Å². The van der Waals surface area contributed by atoms with E-state index in [4.69, 9.17) is 37.9 Å². The third kappa shape index (κ3) is 12.8. The average molecular weight is 581 g/mol. The molecule has 3 saturated heterocycles. The molecule has 3 aliphatic heterocycles. The predicted molar refractivity (Wildman–Crippen MR) is 155 cm³/mol. The van der Waals surface area contributed by atoms with Crippen molar-refractivity contribution in [1.29, 1.82) is 0 Å². The molecule has 0 spiro atoms. The van der Waals surface area contributed by atoms with Crippen LogP contribution in [0.1, 0.15) is 56.6 Å². The molecule has 4 atom stereocenters. The first-order valence-corrected chi connectivity index (χ1v) is 15.7. The van der Waals surface area contributed by atoms with Gasteiger partial charge in [-0.05, 0) is 69.7 Å². The third-order valence-corrected chi connectivity index (χ3v) is 7.72. The Balaban J connectivity index is 0.996. The Labute approximate surface area is 246 Å². The number of ether oxygens (including phenoxy) is 8. The summed E-state index contributed by atoms with van der Waals surface area (Å²) in [5.41, 5.74) is 1.25. The molecule has 10 nitrogen and oxygen atoms in total. The maximum absolute atomic E-state index is 6.07. The van der Waals surface area contributed by atoms with Crippen LogP contribution in [0.25, 0.3) is 0 Å². The van der Waals surface area contributed by atoms with E-state index in [0.717, 1.165) is 70.7 Å². The zero-order chi connectivity index (χ0) is 28.4. The molecular weight excluding hydrogens is 528 g/mol. The maximum Gasteiger partial charge on any atom is 0.157 e. The standard InChI is InChI=1S/C31H52N2O8/c1-32-29(26-8-10-27(11-9-26)36-22-23-41-31-7-3-5-15-39-31)25-33-13-12-28(24-33)37-20-18-34-16-17-35-19-21-40-30-6-2-4-14-38-30/h8-11,28-32H,2-7,12-25H2,1H3/t28-,29?,30?,31?/m1/s1. The summed E-state index contributed by atoms with van der Waals surface area (Å²) >= 11 is 0. The summed E-state index contributed by atoms with van der Waals surface area (Å²) in [5.74, 6) is 0.860. The molecule has 0 bridgehead atoms. The van der Waals surface area contributed by atoms with Crippen LogP contribution in [0.15, 0.2) is 24.3 Å². The van der Waals surface area contributed by atoms with Gasteiger partial charge in [-0.1, -0.05) is 12.1 Å². The van der Waals surface area contributed by atoms with E-state index in [9.17, 15) is 0 Å². The van der Waals surface area contributed by atoms with Crippen molar-refractivity contribution in [3.05, 3.63) is 29.8 Å². The van der Waals surface area contributed by atoms with Crippen molar-refractivity contribution in [3.63, 3.8) is 0 Å². The zero-order valence-electron chi connectivity index (χ0n) is 25.0. The van der Waals surface area contributed by atoms with E-state index in [1.807, 2.05) is 19.2 Å². The van der Waals surface area contributed by atoms with Gasteiger partial charge in [-0.15, -0.1) is 0 Å². The van der Waals surface area contributed by atoms with Gasteiger partial charge >= 0.3 is 0 Å². The van der Waals surface area contributed by atoms with Gasteiger partial charge in [0.1, 0.15) is 12.4 Å². The van der Waals surface area contributed by atoms with Crippen LogP contribution in [-0.2, 0) is 33.2 Å². The molecule has 0 radical (unpaired) electrons. The van der Waals surface area contributed by atoms with E-state index < -0.39 is 0 Å². The molecule has 4 rings (SSSR count). The first-order valence-electron chi connectivity index (χ1n) is 15.7. The zero-order valence-corrected chi connectivity index (χ0v) is 25.0. The van der Waals surface area contributed by atoms with E-state index >= 15 is 0 Å². The number of hydrogen-bond donors (Lipinski definition) is 1. The molecule has 234 valence electrons. The van der Waals surface area contributed by atoms with Gasteiger partial charge in [0.2, 0.25) is 0 Å². The Bertz CT molecular complexity index is 789. The van der Waals surface area contributed by atoms with Gasteiger partial charge in [-0.25, -0.2) is 0 Å². The summed E-state index contributed by atoms with van der Waals surface area (Å²) < 4.78 is 45.7. The Hall–Kier alpha value is -1.34. The van der Waals surface area contributed by atoms with Crippen molar-refractivity contribution < 1.29 is 37.9 Å². The summed E-state index contributed by atoms with van der Waals surface area (Å²) in [6, 6.07) is 8.62. The first-order chi connectivity index (χ1) is 20.3. The molecule has 1 aromatic carbocycles. The molecule has 10 heteroatoms. The average Bonchev–Trinajstić information content (AvgIpc) is 3.47. The van der Waals surface area contributed by atoms with Gasteiger partial charge in [0.15, 0.2) is 12.6 Å². The molecule has 0 amide bonds. The van der Waals surface area contributed by atoms with Gasteiger partial charge in [-0.3, -0.25) is 4.90 Å². The Morgan fingerprint density at radius 2 is 1.37 bits per heavy atom. The summed E-state index contributed by atoms with van der Waals surface area (Å²) in [7, 11) is 2.02. The van der Waals surface area contributed by atoms with Crippen molar-refractivity contribution in [2.45, 2.75) is 69.7 Å². The van der Waals surface area contributed by atoms with E-state index in [2.05, 4.69) is 22.3 Å². The predicted octanol–water partition coefficient (Wildman–Crippen LogP) is 3.54. The van der Waals surface area contributed by atoms with E-state index in [0.29, 0.717) is 52.9 Å². The highest BCUT2D eigenvalue weighted by Crippen LogP contribution is 2.22. The van der Waals surface area contributed by atoms with Gasteiger partial charge in [0.05, 0.1) is 52.4 Å². The van der Waals surface area contributed by atoms with Crippen LogP contribution in [0.2, 0.25) is 0 Å². The van der Waals surface area contributed by atoms with Crippen molar-refractivity contribution in [2.75, 3.05) is 92.8 Å². The number of nitrogens with zero attached hydrogens (tertiary/aromatic N) is 1. The van der Waals surface area contributed by atoms with Crippen LogP contribution < -0.4 is 10.1 Å². The SMILES string of the molecule is CNC(CN1CC[C@@H](OCCOCCOCCOC2CCCCO2)C1)c1ccc(OCCOC2CCCCO2)cc1. The highest BCUT2D eigenvalue weighted by Gasteiger charge is 2.25. The molecule has 3 unspecified atom stereocenters. The Morgan fingerprint density at radius 1 is 0.756 bits per heavy atom. The van der Waals surface area contributed by atoms with E-state index in [1.165, 1.54) is 18.4 Å². The molecule has 3 fully saturated rings. The minimum absolute atomic E-state index is 0.0545. The fourth-order valence-electron chi connectivity index (χ4n) is 5.38. The second kappa shape index (κ2) is 19.8. The normalized spacial score (nSPS) is 24.5. The smallest absolute Gasteiger partial charge is 0.157 e. The minimum Gasteiger partial charge on any atom is -0.491 e. The Morgan fingerprint density at radius 3 is 1.98 bits per heavy atom. The topological polar surface area (TPSA) is 89.1 Å². The van der Waals surface area contributed by atoms with Crippen LogP contribution in [0.5, 0.6) is 5.75 Å². The molecule has 1 N–H and O–H groups in total. The number of rotatable bonds is 20. The van der Waals surface area contributed by atoms with Gasteiger partial charge in [0.25, 0.3) is 0 Å². The Kier molecular flexibility index (Phi) is 15.7. The summed E-state index contributed by atoms with van der Waals surface area (Å²) in [6.07, 6.45) is 7.74. The fourth-order valence-corrected chi connectivity index (χ4v) is 5.38. The van der Waals surface area contributed by atoms with Crippen molar-refractivity contribution in [3.8, 4) is 5.75 Å². The van der Waals surface area contributed by atoms with Crippen molar-refractivity contribution in [1.82, 2.24) is 10.2 Å². The second-order valence-electron chi connectivity index (χ2n) is 10.9. The van der Waals surface area contributed by atoms with Crippen LogP contribution in [0, 0.1) is 0 Å². The van der Waals surface area contributed by atoms with Crippen LogP contribution in [0.3, 0.4) is 0 Å². The first kappa shape index (κ1) is 32.6. The number of likely N-dealkylation sites (tertiary alicyclic amines) is 1. The van der Waals surface area contributed by atoms with Crippen molar-refractivity contribution in [2.24, 2.45) is 0 Å². The van der Waals surface area contributed by atoms with Gasteiger partial charge < -0.3 is 43.2 Å². The molecule has 0 saturated carbocycles. The third-order valence-electron chi connectivity index (χ3n) is 7.72. The molecule has 3 aliphatic rings. The minimum atomic E-state index is -0.0711. The largest absolute Gasteiger partial charge is 0.491 e. The number of nitrogens with one attached hydrogen (secondary N) is 1. The summed E-state index contributed by atoms with van der Waals surface area (Å²) in [6.45, 7) is 9.03. The molecule has 41 heavy (non-hydrogen) atoms. The molecule has 3 heterocycles.